The topological polar surface area (TPSA) is 17.8 Å². The summed E-state index contributed by atoms with van der Waals surface area (Å²) < 4.78 is 1.84. The summed E-state index contributed by atoms with van der Waals surface area (Å²) in [7, 11) is 0. The number of benzene rings is 2. The van der Waals surface area contributed by atoms with E-state index in [0.29, 0.717) is 0 Å². The molecule has 0 bridgehead atoms. The van der Waals surface area contributed by atoms with Gasteiger partial charge >= 0.3 is 0 Å². The molecule has 1 aromatic heterocycles. The van der Waals surface area contributed by atoms with E-state index in [9.17, 15) is 0 Å². The largest absolute Gasteiger partial charge is 0.240 e. The molecule has 0 aliphatic heterocycles. The Balaban J connectivity index is 1.97. The first-order valence-corrected chi connectivity index (χ1v) is 5.93. The fourth-order valence-corrected chi connectivity index (χ4v) is 1.85. The van der Waals surface area contributed by atoms with Gasteiger partial charge in [-0.05, 0) is 19.1 Å². The fourth-order valence-electron chi connectivity index (χ4n) is 1.85. The van der Waals surface area contributed by atoms with Crippen molar-refractivity contribution in [2.75, 3.05) is 0 Å². The highest BCUT2D eigenvalue weighted by Gasteiger charge is 2.03. The van der Waals surface area contributed by atoms with Crippen LogP contribution < -0.4 is 0 Å². The van der Waals surface area contributed by atoms with Gasteiger partial charge in [0.15, 0.2) is 0 Å². The van der Waals surface area contributed by atoms with Gasteiger partial charge in [-0.2, -0.15) is 5.10 Å². The Morgan fingerprint density at radius 1 is 0.944 bits per heavy atom. The van der Waals surface area contributed by atoms with Crippen LogP contribution in [-0.4, -0.2) is 9.78 Å². The predicted molar refractivity (Wildman–Crippen MR) is 72.6 cm³/mol. The Morgan fingerprint density at radius 2 is 1.67 bits per heavy atom. The lowest BCUT2D eigenvalue weighted by molar-refractivity contribution is 0.884. The first-order chi connectivity index (χ1) is 8.83. The number of hydrogen-bond acceptors (Lipinski definition) is 1. The molecule has 0 unspecified atom stereocenters. The minimum atomic E-state index is 0.874. The molecule has 0 saturated carbocycles. The molecule has 2 nitrogen and oxygen atoms in total. The molecule has 0 saturated heterocycles. The molecule has 18 heavy (non-hydrogen) atoms. The number of rotatable bonds is 2. The Labute approximate surface area is 107 Å². The third-order valence-corrected chi connectivity index (χ3v) is 2.88. The van der Waals surface area contributed by atoms with Crippen molar-refractivity contribution in [3.8, 4) is 16.9 Å². The highest BCUT2D eigenvalue weighted by molar-refractivity contribution is 5.58. The van der Waals surface area contributed by atoms with Crippen molar-refractivity contribution in [1.82, 2.24) is 9.78 Å². The second-order valence-electron chi connectivity index (χ2n) is 4.27. The summed E-state index contributed by atoms with van der Waals surface area (Å²) in [6.45, 7) is 2.08. The van der Waals surface area contributed by atoms with Crippen LogP contribution in [0, 0.1) is 13.0 Å². The maximum Gasteiger partial charge on any atom is 0.101 e. The van der Waals surface area contributed by atoms with Crippen LogP contribution in [-0.2, 0) is 0 Å². The quantitative estimate of drug-likeness (QED) is 0.660. The molecule has 3 rings (SSSR count). The average Bonchev–Trinajstić information content (AvgIpc) is 2.90. The van der Waals surface area contributed by atoms with Crippen LogP contribution in [0.2, 0.25) is 0 Å². The van der Waals surface area contributed by atoms with Crippen molar-refractivity contribution < 1.29 is 0 Å². The first-order valence-electron chi connectivity index (χ1n) is 5.93. The summed E-state index contributed by atoms with van der Waals surface area (Å²) in [6, 6.07) is 21.6. The molecule has 87 valence electrons. The SMILES string of the molecule is Cc1ccc(-c2[c]cn(-c3ccccc3)n2)cc1. The second-order valence-corrected chi connectivity index (χ2v) is 4.27. The lowest BCUT2D eigenvalue weighted by Crippen LogP contribution is -1.93. The molecule has 0 amide bonds. The van der Waals surface area contributed by atoms with Gasteiger partial charge in [0.1, 0.15) is 5.69 Å². The minimum absolute atomic E-state index is 0.874. The van der Waals surface area contributed by atoms with E-state index in [-0.39, 0.29) is 0 Å². The first kappa shape index (κ1) is 10.8. The van der Waals surface area contributed by atoms with E-state index in [1.807, 2.05) is 41.2 Å². The van der Waals surface area contributed by atoms with E-state index in [4.69, 9.17) is 0 Å². The molecule has 0 fully saturated rings. The molecule has 1 heterocycles. The zero-order valence-corrected chi connectivity index (χ0v) is 10.2. The molecule has 0 aliphatic rings. The van der Waals surface area contributed by atoms with E-state index in [0.717, 1.165) is 16.9 Å². The zero-order valence-electron chi connectivity index (χ0n) is 10.2. The maximum absolute atomic E-state index is 4.54. The van der Waals surface area contributed by atoms with Gasteiger partial charge in [-0.15, -0.1) is 0 Å². The lowest BCUT2D eigenvalue weighted by atomic mass is 10.1. The van der Waals surface area contributed by atoms with Crippen molar-refractivity contribution in [2.45, 2.75) is 6.92 Å². The van der Waals surface area contributed by atoms with Crippen LogP contribution in [0.3, 0.4) is 0 Å². The van der Waals surface area contributed by atoms with Gasteiger partial charge in [0.25, 0.3) is 0 Å². The summed E-state index contributed by atoms with van der Waals surface area (Å²) in [5.41, 5.74) is 4.27. The van der Waals surface area contributed by atoms with Crippen molar-refractivity contribution in [3.63, 3.8) is 0 Å². The average molecular weight is 233 g/mol. The molecule has 0 atom stereocenters. The summed E-state index contributed by atoms with van der Waals surface area (Å²) in [5, 5.41) is 4.54. The van der Waals surface area contributed by atoms with Gasteiger partial charge in [-0.3, -0.25) is 0 Å². The Kier molecular flexibility index (Phi) is 2.69. The number of aromatic nitrogens is 2. The number of hydrogen-bond donors (Lipinski definition) is 0. The van der Waals surface area contributed by atoms with Crippen molar-refractivity contribution >= 4 is 0 Å². The number of nitrogens with zero attached hydrogens (tertiary/aromatic N) is 2. The molecule has 3 aromatic rings. The van der Waals surface area contributed by atoms with Crippen LogP contribution in [0.5, 0.6) is 0 Å². The van der Waals surface area contributed by atoms with E-state index in [1.54, 1.807) is 0 Å². The molecular formula is C16H13N2. The van der Waals surface area contributed by atoms with E-state index in [2.05, 4.69) is 42.4 Å². The highest BCUT2D eigenvalue weighted by Crippen LogP contribution is 2.18. The van der Waals surface area contributed by atoms with Crippen LogP contribution >= 0.6 is 0 Å². The molecule has 0 N–H and O–H groups in total. The predicted octanol–water partition coefficient (Wildman–Crippen LogP) is 3.65. The Bertz CT molecular complexity index is 636. The lowest BCUT2D eigenvalue weighted by Gasteiger charge is -2.00. The Hall–Kier alpha value is -2.35. The van der Waals surface area contributed by atoms with Gasteiger partial charge < -0.3 is 0 Å². The molecule has 0 spiro atoms. The van der Waals surface area contributed by atoms with Crippen molar-refractivity contribution in [2.24, 2.45) is 0 Å². The zero-order chi connectivity index (χ0) is 12.4. The summed E-state index contributed by atoms with van der Waals surface area (Å²) >= 11 is 0. The summed E-state index contributed by atoms with van der Waals surface area (Å²) in [6.07, 6.45) is 1.87. The molecular weight excluding hydrogens is 220 g/mol. The van der Waals surface area contributed by atoms with E-state index >= 15 is 0 Å². The van der Waals surface area contributed by atoms with Crippen molar-refractivity contribution in [3.05, 3.63) is 72.4 Å². The van der Waals surface area contributed by atoms with E-state index < -0.39 is 0 Å². The summed E-state index contributed by atoms with van der Waals surface area (Å²) in [4.78, 5) is 0. The normalized spacial score (nSPS) is 10.5. The summed E-state index contributed by atoms with van der Waals surface area (Å²) in [5.74, 6) is 0. The van der Waals surface area contributed by atoms with Crippen LogP contribution in [0.25, 0.3) is 16.9 Å². The van der Waals surface area contributed by atoms with Crippen LogP contribution in [0.1, 0.15) is 5.56 Å². The van der Waals surface area contributed by atoms with Gasteiger partial charge in [-0.25, -0.2) is 4.68 Å². The van der Waals surface area contributed by atoms with Crippen LogP contribution in [0.15, 0.2) is 60.8 Å². The molecule has 2 aromatic carbocycles. The van der Waals surface area contributed by atoms with Crippen LogP contribution in [0.4, 0.5) is 0 Å². The molecule has 0 aliphatic carbocycles. The third-order valence-electron chi connectivity index (χ3n) is 2.88. The highest BCUT2D eigenvalue weighted by atomic mass is 15.3. The van der Waals surface area contributed by atoms with Gasteiger partial charge in [0.2, 0.25) is 0 Å². The van der Waals surface area contributed by atoms with Gasteiger partial charge in [0, 0.05) is 17.8 Å². The minimum Gasteiger partial charge on any atom is -0.240 e. The smallest absolute Gasteiger partial charge is 0.101 e. The standard InChI is InChI=1S/C16H13N2/c1-13-7-9-14(10-8-13)16-11-12-18(17-16)15-5-3-2-4-6-15/h2-10,12H,1H3. The number of para-hydroxylation sites is 1. The van der Waals surface area contributed by atoms with Crippen molar-refractivity contribution in [1.29, 1.82) is 0 Å². The molecule has 1 radical (unpaired) electrons. The Morgan fingerprint density at radius 3 is 2.39 bits per heavy atom. The number of aryl methyl sites for hydroxylation is 1. The van der Waals surface area contributed by atoms with Gasteiger partial charge in [-0.1, -0.05) is 48.0 Å². The second kappa shape index (κ2) is 4.49. The van der Waals surface area contributed by atoms with E-state index in [1.165, 1.54) is 5.56 Å². The monoisotopic (exact) mass is 233 g/mol. The third kappa shape index (κ3) is 2.05. The van der Waals surface area contributed by atoms with Gasteiger partial charge in [0.05, 0.1) is 5.69 Å². The molecule has 2 heteroatoms. The fraction of sp³-hybridized carbons (Fsp3) is 0.0625. The maximum atomic E-state index is 4.54.